The molecule has 1 fully saturated rings. The molecule has 2 amide bonds. The lowest BCUT2D eigenvalue weighted by atomic mass is 10.3. The minimum absolute atomic E-state index is 0.108. The van der Waals surface area contributed by atoms with Gasteiger partial charge in [0.1, 0.15) is 22.9 Å². The van der Waals surface area contributed by atoms with E-state index in [1.165, 1.54) is 4.31 Å². The van der Waals surface area contributed by atoms with Crippen LogP contribution in [-0.2, 0) is 10.0 Å². The highest BCUT2D eigenvalue weighted by Crippen LogP contribution is 2.26. The molecule has 0 spiro atoms. The van der Waals surface area contributed by atoms with Gasteiger partial charge in [0.15, 0.2) is 5.76 Å². The second-order valence-corrected chi connectivity index (χ2v) is 9.72. The number of rotatable bonds is 9. The molecule has 33 heavy (non-hydrogen) atoms. The van der Waals surface area contributed by atoms with Crippen molar-refractivity contribution in [2.24, 2.45) is 0 Å². The normalized spacial score (nSPS) is 15.1. The Balaban J connectivity index is 1.58. The molecule has 0 aliphatic carbocycles. The van der Waals surface area contributed by atoms with Crippen molar-refractivity contribution < 1.29 is 22.5 Å². The molecule has 0 unspecified atom stereocenters. The highest BCUT2D eigenvalue weighted by Gasteiger charge is 2.34. The Morgan fingerprint density at radius 1 is 1.15 bits per heavy atom. The number of carbonyl (C=O) groups is 1. The zero-order valence-corrected chi connectivity index (χ0v) is 20.5. The van der Waals surface area contributed by atoms with Crippen molar-refractivity contribution in [3.8, 4) is 5.75 Å². The van der Waals surface area contributed by atoms with Crippen molar-refractivity contribution >= 4 is 21.7 Å². The number of anilines is 1. The first-order valence-electron chi connectivity index (χ1n) is 11.2. The predicted octanol–water partition coefficient (Wildman–Crippen LogP) is 2.55. The molecule has 1 aliphatic rings. The Labute approximate surface area is 195 Å². The average Bonchev–Trinajstić information content (AvgIpc) is 3.16. The van der Waals surface area contributed by atoms with E-state index in [4.69, 9.17) is 9.26 Å². The molecule has 1 aromatic carbocycles. The Hall–Kier alpha value is -2.63. The summed E-state index contributed by atoms with van der Waals surface area (Å²) in [6, 6.07) is 7.03. The summed E-state index contributed by atoms with van der Waals surface area (Å²) in [6.07, 6.45) is 0. The molecule has 0 radical (unpaired) electrons. The molecule has 0 bridgehead atoms. The second-order valence-electron chi connectivity index (χ2n) is 7.85. The number of aryl methyl sites for hydroxylation is 2. The van der Waals surface area contributed by atoms with E-state index in [1.54, 1.807) is 24.8 Å². The van der Waals surface area contributed by atoms with E-state index >= 15 is 0 Å². The van der Waals surface area contributed by atoms with E-state index in [1.807, 2.05) is 18.2 Å². The number of aromatic nitrogens is 1. The lowest BCUT2D eigenvalue weighted by Gasteiger charge is -2.34. The largest absolute Gasteiger partial charge is 0.490 e. The monoisotopic (exact) mass is 479 g/mol. The van der Waals surface area contributed by atoms with Gasteiger partial charge in [-0.2, -0.15) is 4.31 Å². The van der Waals surface area contributed by atoms with E-state index < -0.39 is 10.0 Å². The number of urea groups is 1. The fourth-order valence-corrected chi connectivity index (χ4v) is 5.53. The van der Waals surface area contributed by atoms with Gasteiger partial charge in [-0.15, -0.1) is 0 Å². The molecule has 1 saturated heterocycles. The molecule has 1 N–H and O–H groups in total. The first-order valence-corrected chi connectivity index (χ1v) is 12.6. The van der Waals surface area contributed by atoms with Gasteiger partial charge in [-0.25, -0.2) is 13.2 Å². The third-order valence-corrected chi connectivity index (χ3v) is 7.92. The number of benzene rings is 1. The maximum absolute atomic E-state index is 13.0. The van der Waals surface area contributed by atoms with Crippen LogP contribution in [0.3, 0.4) is 0 Å². The molecule has 0 saturated carbocycles. The van der Waals surface area contributed by atoms with Crippen molar-refractivity contribution in [3.05, 3.63) is 35.7 Å². The van der Waals surface area contributed by atoms with E-state index in [9.17, 15) is 13.2 Å². The number of carbonyl (C=O) groups excluding carboxylic acids is 1. The van der Waals surface area contributed by atoms with E-state index in [2.05, 4.69) is 29.2 Å². The first kappa shape index (κ1) is 25.0. The number of amides is 2. The average molecular weight is 480 g/mol. The Morgan fingerprint density at radius 2 is 1.82 bits per heavy atom. The maximum atomic E-state index is 13.0. The van der Waals surface area contributed by atoms with Gasteiger partial charge in [0.2, 0.25) is 10.0 Å². The standard InChI is InChI=1S/C22H33N5O5S/c1-5-25(6-2)15-16-31-20-10-8-7-9-19(20)23-22(28)26-11-13-27(14-12-26)33(29,30)21-17(3)24-32-18(21)4/h7-10H,5-6,11-16H2,1-4H3,(H,23,28). The summed E-state index contributed by atoms with van der Waals surface area (Å²) >= 11 is 0. The Bertz CT molecular complexity index is 1020. The smallest absolute Gasteiger partial charge is 0.322 e. The number of para-hydroxylation sites is 2. The molecule has 2 heterocycles. The molecule has 1 aliphatic heterocycles. The van der Waals surface area contributed by atoms with Gasteiger partial charge in [0.25, 0.3) is 0 Å². The van der Waals surface area contributed by atoms with Crippen molar-refractivity contribution in [1.82, 2.24) is 19.3 Å². The third-order valence-electron chi connectivity index (χ3n) is 5.78. The van der Waals surface area contributed by atoms with Gasteiger partial charge in [0, 0.05) is 32.7 Å². The number of hydrogen-bond donors (Lipinski definition) is 1. The van der Waals surface area contributed by atoms with E-state index in [0.29, 0.717) is 23.7 Å². The molecule has 182 valence electrons. The Morgan fingerprint density at radius 3 is 2.42 bits per heavy atom. The van der Waals surface area contributed by atoms with Crippen molar-refractivity contribution in [3.63, 3.8) is 0 Å². The predicted molar refractivity (Wildman–Crippen MR) is 125 cm³/mol. The summed E-state index contributed by atoms with van der Waals surface area (Å²) in [7, 11) is -3.72. The molecule has 0 atom stereocenters. The van der Waals surface area contributed by atoms with Gasteiger partial charge >= 0.3 is 6.03 Å². The number of sulfonamides is 1. The lowest BCUT2D eigenvalue weighted by Crippen LogP contribution is -2.51. The van der Waals surface area contributed by atoms with E-state index in [-0.39, 0.29) is 42.9 Å². The number of hydrogen-bond acceptors (Lipinski definition) is 7. The summed E-state index contributed by atoms with van der Waals surface area (Å²) in [4.78, 5) is 16.8. The van der Waals surface area contributed by atoms with Crippen LogP contribution < -0.4 is 10.1 Å². The SMILES string of the molecule is CCN(CC)CCOc1ccccc1NC(=O)N1CCN(S(=O)(=O)c2c(C)noc2C)CC1. The van der Waals surface area contributed by atoms with Crippen molar-refractivity contribution in [2.75, 3.05) is 57.7 Å². The van der Waals surface area contributed by atoms with Crippen molar-refractivity contribution in [2.45, 2.75) is 32.6 Å². The van der Waals surface area contributed by atoms with Crippen LogP contribution in [0.4, 0.5) is 10.5 Å². The molecular formula is C22H33N5O5S. The van der Waals surface area contributed by atoms with Crippen LogP contribution in [0.15, 0.2) is 33.7 Å². The van der Waals surface area contributed by atoms with Crippen LogP contribution in [0.2, 0.25) is 0 Å². The molecule has 10 nitrogen and oxygen atoms in total. The lowest BCUT2D eigenvalue weighted by molar-refractivity contribution is 0.184. The second kappa shape index (κ2) is 11.0. The number of piperazine rings is 1. The number of nitrogens with one attached hydrogen (secondary N) is 1. The number of ether oxygens (including phenoxy) is 1. The minimum Gasteiger partial charge on any atom is -0.490 e. The molecule has 11 heteroatoms. The molecule has 3 rings (SSSR count). The summed E-state index contributed by atoms with van der Waals surface area (Å²) in [5.41, 5.74) is 0.929. The van der Waals surface area contributed by atoms with Gasteiger partial charge < -0.3 is 24.4 Å². The highest BCUT2D eigenvalue weighted by molar-refractivity contribution is 7.89. The van der Waals surface area contributed by atoms with Crippen LogP contribution in [0.5, 0.6) is 5.75 Å². The number of likely N-dealkylation sites (N-methyl/N-ethyl adjacent to an activating group) is 1. The Kier molecular flexibility index (Phi) is 8.33. The zero-order valence-electron chi connectivity index (χ0n) is 19.7. The van der Waals surface area contributed by atoms with Gasteiger partial charge in [-0.05, 0) is 39.1 Å². The summed E-state index contributed by atoms with van der Waals surface area (Å²) in [5.74, 6) is 0.878. The summed E-state index contributed by atoms with van der Waals surface area (Å²) in [6.45, 7) is 11.6. The summed E-state index contributed by atoms with van der Waals surface area (Å²) < 4.78 is 38.3. The highest BCUT2D eigenvalue weighted by atomic mass is 32.2. The minimum atomic E-state index is -3.72. The fraction of sp³-hybridized carbons (Fsp3) is 0.545. The molecule has 1 aromatic heterocycles. The molecule has 2 aromatic rings. The zero-order chi connectivity index (χ0) is 24.0. The van der Waals surface area contributed by atoms with Crippen LogP contribution in [0.25, 0.3) is 0 Å². The maximum Gasteiger partial charge on any atom is 0.322 e. The van der Waals surface area contributed by atoms with Crippen LogP contribution >= 0.6 is 0 Å². The third kappa shape index (κ3) is 5.84. The first-order chi connectivity index (χ1) is 15.8. The van der Waals surface area contributed by atoms with Crippen molar-refractivity contribution in [1.29, 1.82) is 0 Å². The van der Waals surface area contributed by atoms with Gasteiger partial charge in [-0.1, -0.05) is 31.1 Å². The van der Waals surface area contributed by atoms with E-state index in [0.717, 1.165) is 19.6 Å². The van der Waals surface area contributed by atoms with Crippen LogP contribution in [-0.4, -0.2) is 86.1 Å². The number of nitrogens with zero attached hydrogens (tertiary/aromatic N) is 4. The van der Waals surface area contributed by atoms with Gasteiger partial charge in [0.05, 0.1) is 5.69 Å². The van der Waals surface area contributed by atoms with Crippen LogP contribution in [0, 0.1) is 13.8 Å². The topological polar surface area (TPSA) is 108 Å². The molecular weight excluding hydrogens is 446 g/mol. The van der Waals surface area contributed by atoms with Gasteiger partial charge in [-0.3, -0.25) is 0 Å². The quantitative estimate of drug-likeness (QED) is 0.589. The summed E-state index contributed by atoms with van der Waals surface area (Å²) in [5, 5.41) is 6.65. The van der Waals surface area contributed by atoms with Crippen LogP contribution in [0.1, 0.15) is 25.3 Å². The fourth-order valence-electron chi connectivity index (χ4n) is 3.82.